The molecule has 21 heavy (non-hydrogen) atoms. The van der Waals surface area contributed by atoms with Crippen molar-refractivity contribution in [3.8, 4) is 0 Å². The van der Waals surface area contributed by atoms with Crippen LogP contribution in [0.1, 0.15) is 16.6 Å². The highest BCUT2D eigenvalue weighted by Crippen LogP contribution is 2.31. The molecule has 0 atom stereocenters. The number of rotatable bonds is 7. The van der Waals surface area contributed by atoms with Crippen molar-refractivity contribution in [3.05, 3.63) is 26.4 Å². The SMILES string of the molecule is CNCc1cc(S(=O)(=O)NCCc2noc(C)n2)c(Br)s1. The van der Waals surface area contributed by atoms with Crippen LogP contribution in [-0.4, -0.2) is 32.2 Å². The van der Waals surface area contributed by atoms with E-state index in [1.165, 1.54) is 11.3 Å². The lowest BCUT2D eigenvalue weighted by Crippen LogP contribution is -2.26. The Morgan fingerprint density at radius 3 is 2.86 bits per heavy atom. The molecular weight excluding hydrogens is 380 g/mol. The van der Waals surface area contributed by atoms with Gasteiger partial charge in [0.1, 0.15) is 4.90 Å². The van der Waals surface area contributed by atoms with Crippen molar-refractivity contribution in [3.63, 3.8) is 0 Å². The van der Waals surface area contributed by atoms with Crippen LogP contribution in [0.15, 0.2) is 19.3 Å². The minimum absolute atomic E-state index is 0.213. The first-order valence-corrected chi connectivity index (χ1v) is 9.23. The fourth-order valence-electron chi connectivity index (χ4n) is 1.66. The molecule has 0 saturated carbocycles. The molecule has 10 heteroatoms. The Bertz CT molecular complexity index is 711. The molecule has 2 heterocycles. The molecule has 0 amide bonds. The van der Waals surface area contributed by atoms with Gasteiger partial charge in [0.25, 0.3) is 0 Å². The maximum absolute atomic E-state index is 12.2. The molecule has 2 aromatic heterocycles. The van der Waals surface area contributed by atoms with Crippen LogP contribution in [0.4, 0.5) is 0 Å². The van der Waals surface area contributed by atoms with E-state index in [4.69, 9.17) is 4.52 Å². The molecule has 2 N–H and O–H groups in total. The van der Waals surface area contributed by atoms with Gasteiger partial charge in [0.2, 0.25) is 15.9 Å². The van der Waals surface area contributed by atoms with Crippen LogP contribution >= 0.6 is 27.3 Å². The maximum atomic E-state index is 12.2. The number of nitrogens with zero attached hydrogens (tertiary/aromatic N) is 2. The Morgan fingerprint density at radius 1 is 1.48 bits per heavy atom. The average molecular weight is 395 g/mol. The van der Waals surface area contributed by atoms with E-state index in [2.05, 4.69) is 36.1 Å². The first-order chi connectivity index (χ1) is 9.92. The second-order valence-corrected chi connectivity index (χ2v) is 8.45. The van der Waals surface area contributed by atoms with Crippen LogP contribution in [0.2, 0.25) is 0 Å². The Morgan fingerprint density at radius 2 is 2.24 bits per heavy atom. The molecule has 0 spiro atoms. The minimum Gasteiger partial charge on any atom is -0.340 e. The van der Waals surface area contributed by atoms with Crippen LogP contribution in [0.25, 0.3) is 0 Å². The van der Waals surface area contributed by atoms with Gasteiger partial charge in [-0.2, -0.15) is 4.98 Å². The fourth-order valence-corrected chi connectivity index (χ4v) is 5.38. The lowest BCUT2D eigenvalue weighted by Gasteiger charge is -2.03. The van der Waals surface area contributed by atoms with Crippen molar-refractivity contribution >= 4 is 37.3 Å². The maximum Gasteiger partial charge on any atom is 0.242 e. The van der Waals surface area contributed by atoms with Gasteiger partial charge >= 0.3 is 0 Å². The summed E-state index contributed by atoms with van der Waals surface area (Å²) in [6, 6.07) is 1.66. The Balaban J connectivity index is 2.01. The summed E-state index contributed by atoms with van der Waals surface area (Å²) < 4.78 is 32.5. The smallest absolute Gasteiger partial charge is 0.242 e. The van der Waals surface area contributed by atoms with Crippen molar-refractivity contribution in [2.24, 2.45) is 0 Å². The normalized spacial score (nSPS) is 12.0. The molecule has 116 valence electrons. The zero-order chi connectivity index (χ0) is 15.5. The number of hydrogen-bond donors (Lipinski definition) is 2. The zero-order valence-electron chi connectivity index (χ0n) is 11.5. The van der Waals surface area contributed by atoms with E-state index >= 15 is 0 Å². The molecule has 0 aliphatic carbocycles. The molecule has 2 rings (SSSR count). The van der Waals surface area contributed by atoms with Gasteiger partial charge in [0.15, 0.2) is 5.82 Å². The van der Waals surface area contributed by atoms with Gasteiger partial charge in [-0.3, -0.25) is 0 Å². The Labute approximate surface area is 135 Å². The van der Waals surface area contributed by atoms with Crippen molar-refractivity contribution < 1.29 is 12.9 Å². The molecule has 0 bridgehead atoms. The summed E-state index contributed by atoms with van der Waals surface area (Å²) in [5.74, 6) is 0.945. The fraction of sp³-hybridized carbons (Fsp3) is 0.455. The van der Waals surface area contributed by atoms with E-state index in [1.807, 2.05) is 7.05 Å². The van der Waals surface area contributed by atoms with Gasteiger partial charge in [0, 0.05) is 31.3 Å². The average Bonchev–Trinajstić information content (AvgIpc) is 2.96. The van der Waals surface area contributed by atoms with Gasteiger partial charge in [-0.25, -0.2) is 13.1 Å². The Hall–Kier alpha value is -0.810. The van der Waals surface area contributed by atoms with E-state index in [0.717, 1.165) is 4.88 Å². The lowest BCUT2D eigenvalue weighted by molar-refractivity contribution is 0.387. The lowest BCUT2D eigenvalue weighted by atomic mass is 10.4. The highest BCUT2D eigenvalue weighted by atomic mass is 79.9. The van der Waals surface area contributed by atoms with Crippen molar-refractivity contribution in [1.29, 1.82) is 0 Å². The molecule has 0 saturated heterocycles. The van der Waals surface area contributed by atoms with Crippen molar-refractivity contribution in [1.82, 2.24) is 20.2 Å². The molecule has 0 fully saturated rings. The van der Waals surface area contributed by atoms with Gasteiger partial charge in [0.05, 0.1) is 3.79 Å². The van der Waals surface area contributed by atoms with Gasteiger partial charge in [-0.05, 0) is 29.0 Å². The van der Waals surface area contributed by atoms with E-state index in [-0.39, 0.29) is 11.4 Å². The summed E-state index contributed by atoms with van der Waals surface area (Å²) in [5, 5.41) is 6.71. The quantitative estimate of drug-likeness (QED) is 0.737. The summed E-state index contributed by atoms with van der Waals surface area (Å²) in [7, 11) is -1.74. The number of halogens is 1. The predicted octanol–water partition coefficient (Wildman–Crippen LogP) is 1.44. The van der Waals surface area contributed by atoms with Crippen molar-refractivity contribution in [2.75, 3.05) is 13.6 Å². The summed E-state index contributed by atoms with van der Waals surface area (Å²) >= 11 is 4.69. The molecular formula is C11H15BrN4O3S2. The van der Waals surface area contributed by atoms with Crippen LogP contribution in [0.3, 0.4) is 0 Å². The summed E-state index contributed by atoms with van der Waals surface area (Å²) in [6.07, 6.45) is 0.377. The number of aromatic nitrogens is 2. The summed E-state index contributed by atoms with van der Waals surface area (Å²) in [5.41, 5.74) is 0. The highest BCUT2D eigenvalue weighted by Gasteiger charge is 2.20. The molecule has 0 aliphatic heterocycles. The minimum atomic E-state index is -3.55. The third-order valence-electron chi connectivity index (χ3n) is 2.56. The predicted molar refractivity (Wildman–Crippen MR) is 82.7 cm³/mol. The number of hydrogen-bond acceptors (Lipinski definition) is 7. The summed E-state index contributed by atoms with van der Waals surface area (Å²) in [6.45, 7) is 2.53. The second-order valence-electron chi connectivity index (χ2n) is 4.26. The number of aryl methyl sites for hydroxylation is 1. The third-order valence-corrected chi connectivity index (χ3v) is 6.27. The number of nitrogens with one attached hydrogen (secondary N) is 2. The van der Waals surface area contributed by atoms with E-state index in [1.54, 1.807) is 13.0 Å². The van der Waals surface area contributed by atoms with E-state index in [0.29, 0.717) is 28.5 Å². The third kappa shape index (κ3) is 4.33. The molecule has 0 unspecified atom stereocenters. The number of thiophene rings is 1. The van der Waals surface area contributed by atoms with Crippen LogP contribution in [0, 0.1) is 6.92 Å². The molecule has 0 aromatic carbocycles. The molecule has 0 aliphatic rings. The van der Waals surface area contributed by atoms with E-state index < -0.39 is 10.0 Å². The van der Waals surface area contributed by atoms with Crippen LogP contribution in [0.5, 0.6) is 0 Å². The molecule has 7 nitrogen and oxygen atoms in total. The van der Waals surface area contributed by atoms with Crippen molar-refractivity contribution in [2.45, 2.75) is 24.8 Å². The highest BCUT2D eigenvalue weighted by molar-refractivity contribution is 9.11. The van der Waals surface area contributed by atoms with Crippen LogP contribution < -0.4 is 10.0 Å². The van der Waals surface area contributed by atoms with Crippen LogP contribution in [-0.2, 0) is 23.0 Å². The topological polar surface area (TPSA) is 97.1 Å². The standard InChI is InChI=1S/C11H15BrN4O3S2/c1-7-15-10(16-19-7)3-4-14-21(17,18)9-5-8(6-13-2)20-11(9)12/h5,13-14H,3-4,6H2,1-2H3. The van der Waals surface area contributed by atoms with Gasteiger partial charge in [-0.15, -0.1) is 11.3 Å². The first kappa shape index (κ1) is 16.6. The zero-order valence-corrected chi connectivity index (χ0v) is 14.7. The number of sulfonamides is 1. The van der Waals surface area contributed by atoms with E-state index in [9.17, 15) is 8.42 Å². The largest absolute Gasteiger partial charge is 0.340 e. The Kier molecular flexibility index (Phi) is 5.49. The monoisotopic (exact) mass is 394 g/mol. The first-order valence-electron chi connectivity index (χ1n) is 6.14. The van der Waals surface area contributed by atoms with Gasteiger partial charge < -0.3 is 9.84 Å². The van der Waals surface area contributed by atoms with Gasteiger partial charge in [-0.1, -0.05) is 5.16 Å². The summed E-state index contributed by atoms with van der Waals surface area (Å²) in [4.78, 5) is 5.22. The molecule has 2 aromatic rings. The second kappa shape index (κ2) is 6.97. The molecule has 0 radical (unpaired) electrons.